The van der Waals surface area contributed by atoms with Gasteiger partial charge in [-0.3, -0.25) is 4.79 Å². The Hall–Kier alpha value is -3.20. The number of rotatable bonds is 6. The standard InChI is InChI=1S/C25H26N2O5S/c1-18-3-8-22(17-24(18)33(29,30)27-11-13-32-14-12-27)26-25(28)10-5-19-4-6-21-16-23(31-2)9-7-20(21)15-19/h3-10,15-17H,11-14H2,1-2H3,(H,26,28)/b10-5+. The molecule has 0 aromatic heterocycles. The van der Waals surface area contributed by atoms with E-state index in [4.69, 9.17) is 9.47 Å². The normalized spacial score (nSPS) is 15.1. The van der Waals surface area contributed by atoms with Gasteiger partial charge in [0.05, 0.1) is 25.2 Å². The predicted octanol–water partition coefficient (Wildman–Crippen LogP) is 3.83. The summed E-state index contributed by atoms with van der Waals surface area (Å²) < 4.78 is 38.0. The number of methoxy groups -OCH3 is 1. The number of nitrogens with zero attached hydrogens (tertiary/aromatic N) is 1. The van der Waals surface area contributed by atoms with Gasteiger partial charge in [0.1, 0.15) is 5.75 Å². The van der Waals surface area contributed by atoms with Crippen LogP contribution in [0.1, 0.15) is 11.1 Å². The highest BCUT2D eigenvalue weighted by Gasteiger charge is 2.28. The van der Waals surface area contributed by atoms with Crippen LogP contribution < -0.4 is 10.1 Å². The van der Waals surface area contributed by atoms with Gasteiger partial charge >= 0.3 is 0 Å². The van der Waals surface area contributed by atoms with Crippen molar-refractivity contribution in [2.24, 2.45) is 0 Å². The largest absolute Gasteiger partial charge is 0.497 e. The van der Waals surface area contributed by atoms with E-state index in [0.29, 0.717) is 37.6 Å². The van der Waals surface area contributed by atoms with Crippen molar-refractivity contribution in [1.29, 1.82) is 0 Å². The second kappa shape index (κ2) is 9.74. The molecular weight excluding hydrogens is 440 g/mol. The van der Waals surface area contributed by atoms with E-state index in [9.17, 15) is 13.2 Å². The molecule has 0 spiro atoms. The Bertz CT molecular complexity index is 1310. The summed E-state index contributed by atoms with van der Waals surface area (Å²) >= 11 is 0. The molecule has 1 aliphatic heterocycles. The quantitative estimate of drug-likeness (QED) is 0.558. The minimum absolute atomic E-state index is 0.191. The Morgan fingerprint density at radius 3 is 2.52 bits per heavy atom. The Morgan fingerprint density at radius 1 is 1.03 bits per heavy atom. The first-order chi connectivity index (χ1) is 15.9. The van der Waals surface area contributed by atoms with Crippen LogP contribution in [0.2, 0.25) is 0 Å². The molecule has 0 unspecified atom stereocenters. The van der Waals surface area contributed by atoms with E-state index in [1.807, 2.05) is 36.4 Å². The number of amides is 1. The first kappa shape index (κ1) is 23.0. The lowest BCUT2D eigenvalue weighted by Crippen LogP contribution is -2.40. The number of ether oxygens (including phenoxy) is 2. The van der Waals surface area contributed by atoms with E-state index in [1.165, 1.54) is 16.4 Å². The number of morpholine rings is 1. The predicted molar refractivity (Wildman–Crippen MR) is 129 cm³/mol. The van der Waals surface area contributed by atoms with Gasteiger partial charge in [-0.15, -0.1) is 0 Å². The maximum atomic E-state index is 13.0. The van der Waals surface area contributed by atoms with Crippen LogP contribution in [-0.2, 0) is 19.6 Å². The zero-order valence-electron chi connectivity index (χ0n) is 18.6. The molecule has 33 heavy (non-hydrogen) atoms. The fraction of sp³-hybridized carbons (Fsp3) is 0.240. The lowest BCUT2D eigenvalue weighted by molar-refractivity contribution is -0.111. The van der Waals surface area contributed by atoms with Gasteiger partial charge in [-0.25, -0.2) is 8.42 Å². The van der Waals surface area contributed by atoms with Gasteiger partial charge < -0.3 is 14.8 Å². The molecule has 3 aromatic rings. The van der Waals surface area contributed by atoms with Crippen molar-refractivity contribution in [3.63, 3.8) is 0 Å². The highest BCUT2D eigenvalue weighted by molar-refractivity contribution is 7.89. The molecule has 4 rings (SSSR count). The second-order valence-corrected chi connectivity index (χ2v) is 9.70. The van der Waals surface area contributed by atoms with Gasteiger partial charge in [-0.05, 0) is 65.2 Å². The molecule has 0 radical (unpaired) electrons. The molecule has 0 aliphatic carbocycles. The average Bonchev–Trinajstić information content (AvgIpc) is 2.84. The molecular formula is C25H26N2O5S. The van der Waals surface area contributed by atoms with Crippen LogP contribution in [0.3, 0.4) is 0 Å². The molecule has 1 heterocycles. The molecule has 1 fully saturated rings. The number of hydrogen-bond acceptors (Lipinski definition) is 5. The van der Waals surface area contributed by atoms with E-state index in [1.54, 1.807) is 32.2 Å². The molecule has 0 saturated carbocycles. The van der Waals surface area contributed by atoms with Crippen molar-refractivity contribution in [3.05, 3.63) is 71.8 Å². The van der Waals surface area contributed by atoms with Gasteiger partial charge in [0.2, 0.25) is 15.9 Å². The van der Waals surface area contributed by atoms with Crippen molar-refractivity contribution >= 4 is 38.5 Å². The average molecular weight is 467 g/mol. The number of hydrogen-bond donors (Lipinski definition) is 1. The van der Waals surface area contributed by atoms with Crippen LogP contribution >= 0.6 is 0 Å². The lowest BCUT2D eigenvalue weighted by Gasteiger charge is -2.26. The summed E-state index contributed by atoms with van der Waals surface area (Å²) in [7, 11) is -2.03. The fourth-order valence-electron chi connectivity index (χ4n) is 3.71. The first-order valence-electron chi connectivity index (χ1n) is 10.6. The summed E-state index contributed by atoms with van der Waals surface area (Å²) in [5.74, 6) is 0.446. The Labute approximate surface area is 193 Å². The Kier molecular flexibility index (Phi) is 6.78. The summed E-state index contributed by atoms with van der Waals surface area (Å²) in [4.78, 5) is 12.7. The maximum Gasteiger partial charge on any atom is 0.248 e. The van der Waals surface area contributed by atoms with Gasteiger partial charge in [-0.1, -0.05) is 24.3 Å². The van der Waals surface area contributed by atoms with Crippen LogP contribution in [0, 0.1) is 6.92 Å². The number of nitrogens with one attached hydrogen (secondary N) is 1. The van der Waals surface area contributed by atoms with Crippen LogP contribution in [0.15, 0.2) is 65.6 Å². The summed E-state index contributed by atoms with van der Waals surface area (Å²) in [5.41, 5.74) is 1.93. The van der Waals surface area contributed by atoms with Crippen LogP contribution in [0.5, 0.6) is 5.75 Å². The van der Waals surface area contributed by atoms with Crippen molar-refractivity contribution < 1.29 is 22.7 Å². The molecule has 0 bridgehead atoms. The number of anilines is 1. The zero-order valence-corrected chi connectivity index (χ0v) is 19.4. The van der Waals surface area contributed by atoms with E-state index < -0.39 is 10.0 Å². The third-order valence-corrected chi connectivity index (χ3v) is 7.58. The second-order valence-electron chi connectivity index (χ2n) is 7.79. The Morgan fingerprint density at radius 2 is 1.76 bits per heavy atom. The topological polar surface area (TPSA) is 84.9 Å². The zero-order chi connectivity index (χ0) is 23.4. The number of carbonyl (C=O) groups excluding carboxylic acids is 1. The molecule has 0 atom stereocenters. The van der Waals surface area contributed by atoms with Crippen molar-refractivity contribution in [2.75, 3.05) is 38.7 Å². The molecule has 1 N–H and O–H groups in total. The minimum atomic E-state index is -3.66. The van der Waals surface area contributed by atoms with E-state index in [0.717, 1.165) is 22.1 Å². The molecule has 1 saturated heterocycles. The van der Waals surface area contributed by atoms with Crippen LogP contribution in [0.25, 0.3) is 16.8 Å². The molecule has 172 valence electrons. The number of sulfonamides is 1. The van der Waals surface area contributed by atoms with Gasteiger partial charge in [0.25, 0.3) is 0 Å². The SMILES string of the molecule is COc1ccc2cc(/C=C/C(=O)Nc3ccc(C)c(S(=O)(=O)N4CCOCC4)c3)ccc2c1. The van der Waals surface area contributed by atoms with Crippen molar-refractivity contribution in [3.8, 4) is 5.75 Å². The van der Waals surface area contributed by atoms with E-state index in [2.05, 4.69) is 5.32 Å². The van der Waals surface area contributed by atoms with E-state index >= 15 is 0 Å². The summed E-state index contributed by atoms with van der Waals surface area (Å²) in [6.07, 6.45) is 3.15. The van der Waals surface area contributed by atoms with Gasteiger partial charge in [0.15, 0.2) is 0 Å². The smallest absolute Gasteiger partial charge is 0.248 e. The van der Waals surface area contributed by atoms with Crippen LogP contribution in [-0.4, -0.2) is 52.0 Å². The fourth-order valence-corrected chi connectivity index (χ4v) is 5.37. The molecule has 1 amide bonds. The third-order valence-electron chi connectivity index (χ3n) is 5.54. The maximum absolute atomic E-state index is 13.0. The minimum Gasteiger partial charge on any atom is -0.497 e. The van der Waals surface area contributed by atoms with Gasteiger partial charge in [-0.2, -0.15) is 4.31 Å². The molecule has 3 aromatic carbocycles. The van der Waals surface area contributed by atoms with Crippen molar-refractivity contribution in [1.82, 2.24) is 4.31 Å². The number of fused-ring (bicyclic) bond motifs is 1. The lowest BCUT2D eigenvalue weighted by atomic mass is 10.1. The molecule has 1 aliphatic rings. The summed E-state index contributed by atoms with van der Waals surface area (Å²) in [5, 5.41) is 4.84. The number of aryl methyl sites for hydroxylation is 1. The Balaban J connectivity index is 1.49. The highest BCUT2D eigenvalue weighted by atomic mass is 32.2. The van der Waals surface area contributed by atoms with Crippen LogP contribution in [0.4, 0.5) is 5.69 Å². The highest BCUT2D eigenvalue weighted by Crippen LogP contribution is 2.25. The monoisotopic (exact) mass is 466 g/mol. The van der Waals surface area contributed by atoms with Crippen molar-refractivity contribution in [2.45, 2.75) is 11.8 Å². The molecule has 7 nitrogen and oxygen atoms in total. The summed E-state index contributed by atoms with van der Waals surface area (Å²) in [6.45, 7) is 3.14. The van der Waals surface area contributed by atoms with E-state index in [-0.39, 0.29) is 10.8 Å². The molecule has 8 heteroatoms. The first-order valence-corrected chi connectivity index (χ1v) is 12.1. The summed E-state index contributed by atoms with van der Waals surface area (Å²) in [6, 6.07) is 16.6. The number of carbonyl (C=O) groups is 1. The number of benzene rings is 3. The van der Waals surface area contributed by atoms with Gasteiger partial charge in [0, 0.05) is 24.9 Å². The third kappa shape index (κ3) is 5.24.